The van der Waals surface area contributed by atoms with Gasteiger partial charge in [-0.2, -0.15) is 0 Å². The predicted molar refractivity (Wildman–Crippen MR) is 70.6 cm³/mol. The summed E-state index contributed by atoms with van der Waals surface area (Å²) < 4.78 is 4.92. The van der Waals surface area contributed by atoms with Gasteiger partial charge in [-0.15, -0.1) is 0 Å². The third kappa shape index (κ3) is 3.85. The minimum Gasteiger partial charge on any atom is -0.372 e. The molecule has 0 aliphatic rings. The normalized spacial score (nSPS) is 11.8. The summed E-state index contributed by atoms with van der Waals surface area (Å²) in [5.41, 5.74) is 2.30. The summed E-state index contributed by atoms with van der Waals surface area (Å²) in [6.45, 7) is 4.99. The van der Waals surface area contributed by atoms with Crippen LogP contribution in [0.5, 0.6) is 0 Å². The van der Waals surface area contributed by atoms with E-state index in [1.54, 1.807) is 25.1 Å². The lowest BCUT2D eigenvalue weighted by Gasteiger charge is -2.12. The van der Waals surface area contributed by atoms with Crippen LogP contribution in [0.4, 0.5) is 11.4 Å². The lowest BCUT2D eigenvalue weighted by atomic mass is 10.1. The Hall–Kier alpha value is -1.88. The number of benzene rings is 1. The van der Waals surface area contributed by atoms with Crippen LogP contribution in [-0.4, -0.2) is 25.0 Å². The summed E-state index contributed by atoms with van der Waals surface area (Å²) in [5.74, 6) is -0.327. The average Bonchev–Trinajstić information content (AvgIpc) is 2.31. The topological polar surface area (TPSA) is 67.4 Å². The molecule has 0 aliphatic heterocycles. The Bertz CT molecular complexity index is 458. The maximum atomic E-state index is 11.6. The van der Waals surface area contributed by atoms with Crippen molar-refractivity contribution in [1.29, 1.82) is 0 Å². The lowest BCUT2D eigenvalue weighted by Crippen LogP contribution is -2.26. The van der Waals surface area contributed by atoms with Gasteiger partial charge < -0.3 is 15.4 Å². The van der Waals surface area contributed by atoms with Crippen LogP contribution < -0.4 is 10.6 Å². The summed E-state index contributed by atoms with van der Waals surface area (Å²) in [5, 5.41) is 5.45. The third-order valence-electron chi connectivity index (χ3n) is 2.53. The standard InChI is InChI=1S/C13H18N2O3/c1-8-7-11(15-13(17)9(2)18-4)5-6-12(8)14-10(3)16/h5-7,9H,1-4H3,(H,14,16)(H,15,17). The second-order valence-corrected chi connectivity index (χ2v) is 4.08. The molecule has 1 unspecified atom stereocenters. The summed E-state index contributed by atoms with van der Waals surface area (Å²) in [7, 11) is 1.48. The zero-order valence-corrected chi connectivity index (χ0v) is 11.0. The number of anilines is 2. The Morgan fingerprint density at radius 3 is 2.44 bits per heavy atom. The molecule has 2 amide bonds. The van der Waals surface area contributed by atoms with Crippen LogP contribution in [0.25, 0.3) is 0 Å². The summed E-state index contributed by atoms with van der Waals surface area (Å²) in [6, 6.07) is 5.29. The monoisotopic (exact) mass is 250 g/mol. The minimum absolute atomic E-state index is 0.122. The van der Waals surface area contributed by atoms with Crippen LogP contribution >= 0.6 is 0 Å². The molecule has 5 heteroatoms. The number of hydrogen-bond donors (Lipinski definition) is 2. The van der Waals surface area contributed by atoms with E-state index in [2.05, 4.69) is 10.6 Å². The highest BCUT2D eigenvalue weighted by Gasteiger charge is 2.12. The van der Waals surface area contributed by atoms with Crippen molar-refractivity contribution < 1.29 is 14.3 Å². The fraction of sp³-hybridized carbons (Fsp3) is 0.385. The second-order valence-electron chi connectivity index (χ2n) is 4.08. The molecule has 1 aromatic rings. The molecule has 0 saturated carbocycles. The van der Waals surface area contributed by atoms with Crippen molar-refractivity contribution in [2.24, 2.45) is 0 Å². The van der Waals surface area contributed by atoms with Gasteiger partial charge in [0.05, 0.1) is 0 Å². The number of methoxy groups -OCH3 is 1. The quantitative estimate of drug-likeness (QED) is 0.858. The van der Waals surface area contributed by atoms with Crippen LogP contribution in [0.15, 0.2) is 18.2 Å². The highest BCUT2D eigenvalue weighted by atomic mass is 16.5. The van der Waals surface area contributed by atoms with E-state index in [0.29, 0.717) is 5.69 Å². The first-order valence-corrected chi connectivity index (χ1v) is 5.66. The van der Waals surface area contributed by atoms with Gasteiger partial charge in [0, 0.05) is 25.4 Å². The maximum Gasteiger partial charge on any atom is 0.253 e. The van der Waals surface area contributed by atoms with Crippen molar-refractivity contribution in [3.05, 3.63) is 23.8 Å². The molecule has 0 saturated heterocycles. The molecule has 5 nitrogen and oxygen atoms in total. The van der Waals surface area contributed by atoms with Gasteiger partial charge in [0.15, 0.2) is 0 Å². The van der Waals surface area contributed by atoms with Crippen molar-refractivity contribution in [2.45, 2.75) is 26.9 Å². The van der Waals surface area contributed by atoms with Gasteiger partial charge in [-0.3, -0.25) is 9.59 Å². The fourth-order valence-corrected chi connectivity index (χ4v) is 1.42. The van der Waals surface area contributed by atoms with E-state index >= 15 is 0 Å². The van der Waals surface area contributed by atoms with Gasteiger partial charge in [0.2, 0.25) is 5.91 Å². The third-order valence-corrected chi connectivity index (χ3v) is 2.53. The molecule has 0 bridgehead atoms. The van der Waals surface area contributed by atoms with Crippen molar-refractivity contribution >= 4 is 23.2 Å². The number of nitrogens with one attached hydrogen (secondary N) is 2. The van der Waals surface area contributed by atoms with Crippen LogP contribution in [-0.2, 0) is 14.3 Å². The average molecular weight is 250 g/mol. The number of amides is 2. The largest absolute Gasteiger partial charge is 0.372 e. The molecule has 0 radical (unpaired) electrons. The molecular formula is C13H18N2O3. The summed E-state index contributed by atoms with van der Waals surface area (Å²) >= 11 is 0. The van der Waals surface area contributed by atoms with Crippen LogP contribution in [0.2, 0.25) is 0 Å². The Morgan fingerprint density at radius 2 is 1.94 bits per heavy atom. The molecule has 2 N–H and O–H groups in total. The summed E-state index contributed by atoms with van der Waals surface area (Å²) in [6.07, 6.45) is -0.500. The smallest absolute Gasteiger partial charge is 0.253 e. The van der Waals surface area contributed by atoms with E-state index in [1.165, 1.54) is 14.0 Å². The van der Waals surface area contributed by atoms with Crippen molar-refractivity contribution in [3.8, 4) is 0 Å². The van der Waals surface area contributed by atoms with Crippen molar-refractivity contribution in [2.75, 3.05) is 17.7 Å². The second kappa shape index (κ2) is 6.16. The molecule has 18 heavy (non-hydrogen) atoms. The first kappa shape index (κ1) is 14.2. The zero-order valence-electron chi connectivity index (χ0n) is 11.0. The molecule has 98 valence electrons. The first-order valence-electron chi connectivity index (χ1n) is 5.66. The Kier molecular flexibility index (Phi) is 4.85. The molecular weight excluding hydrogens is 232 g/mol. The Morgan fingerprint density at radius 1 is 1.28 bits per heavy atom. The number of aryl methyl sites for hydroxylation is 1. The SMILES string of the molecule is COC(C)C(=O)Nc1ccc(NC(C)=O)c(C)c1. The van der Waals surface area contributed by atoms with E-state index in [-0.39, 0.29) is 11.8 Å². The minimum atomic E-state index is -0.500. The first-order chi connectivity index (χ1) is 8.43. The van der Waals surface area contributed by atoms with Gasteiger partial charge >= 0.3 is 0 Å². The van der Waals surface area contributed by atoms with Crippen molar-refractivity contribution in [1.82, 2.24) is 0 Å². The number of ether oxygens (including phenoxy) is 1. The molecule has 0 spiro atoms. The summed E-state index contributed by atoms with van der Waals surface area (Å²) in [4.78, 5) is 22.6. The van der Waals surface area contributed by atoms with E-state index in [1.807, 2.05) is 6.92 Å². The fourth-order valence-electron chi connectivity index (χ4n) is 1.42. The Balaban J connectivity index is 2.78. The van der Waals surface area contributed by atoms with Crippen LogP contribution in [0.3, 0.4) is 0 Å². The van der Waals surface area contributed by atoms with Gasteiger partial charge in [0.25, 0.3) is 5.91 Å². The molecule has 1 rings (SSSR count). The molecule has 1 aromatic carbocycles. The van der Waals surface area contributed by atoms with Crippen LogP contribution in [0, 0.1) is 6.92 Å². The van der Waals surface area contributed by atoms with E-state index in [0.717, 1.165) is 11.3 Å². The molecule has 0 fully saturated rings. The van der Waals surface area contributed by atoms with E-state index in [9.17, 15) is 9.59 Å². The number of rotatable bonds is 4. The van der Waals surface area contributed by atoms with E-state index in [4.69, 9.17) is 4.74 Å². The van der Waals surface area contributed by atoms with Gasteiger partial charge in [0.1, 0.15) is 6.10 Å². The lowest BCUT2D eigenvalue weighted by molar-refractivity contribution is -0.124. The molecule has 0 aliphatic carbocycles. The molecule has 0 heterocycles. The maximum absolute atomic E-state index is 11.6. The zero-order chi connectivity index (χ0) is 13.7. The Labute approximate surface area is 107 Å². The molecule has 0 aromatic heterocycles. The number of carbonyl (C=O) groups excluding carboxylic acids is 2. The molecule has 1 atom stereocenters. The predicted octanol–water partition coefficient (Wildman–Crippen LogP) is 1.93. The number of carbonyl (C=O) groups is 2. The van der Waals surface area contributed by atoms with Crippen molar-refractivity contribution in [3.63, 3.8) is 0 Å². The van der Waals surface area contributed by atoms with Gasteiger partial charge in [-0.1, -0.05) is 0 Å². The highest BCUT2D eigenvalue weighted by Crippen LogP contribution is 2.19. The highest BCUT2D eigenvalue weighted by molar-refractivity contribution is 5.95. The van der Waals surface area contributed by atoms with Gasteiger partial charge in [-0.25, -0.2) is 0 Å². The van der Waals surface area contributed by atoms with Gasteiger partial charge in [-0.05, 0) is 37.6 Å². The van der Waals surface area contributed by atoms with Crippen LogP contribution in [0.1, 0.15) is 19.4 Å². The van der Waals surface area contributed by atoms with E-state index < -0.39 is 6.10 Å². The number of hydrogen-bond acceptors (Lipinski definition) is 3.